The number of nitrogens with zero attached hydrogens (tertiary/aromatic N) is 3. The second kappa shape index (κ2) is 7.66. The predicted octanol–water partition coefficient (Wildman–Crippen LogP) is 4.69. The Hall–Kier alpha value is -2.82. The SMILES string of the molecule is CCc1nc2ccc(C(=O)Nc3ccc(N4CCC(C)CC4)cc3)cn2c1C. The van der Waals surface area contributed by atoms with E-state index < -0.39 is 0 Å². The highest BCUT2D eigenvalue weighted by molar-refractivity contribution is 6.04. The molecule has 1 fully saturated rings. The molecule has 28 heavy (non-hydrogen) atoms. The Labute approximate surface area is 166 Å². The number of fused-ring (bicyclic) bond motifs is 1. The van der Waals surface area contributed by atoms with E-state index in [9.17, 15) is 4.79 Å². The Kier molecular flexibility index (Phi) is 5.07. The molecule has 0 spiro atoms. The van der Waals surface area contributed by atoms with E-state index in [2.05, 4.69) is 41.2 Å². The zero-order valence-electron chi connectivity index (χ0n) is 16.9. The third-order valence-corrected chi connectivity index (χ3v) is 5.83. The van der Waals surface area contributed by atoms with Gasteiger partial charge in [-0.05, 0) is 68.5 Å². The molecule has 1 aliphatic rings. The van der Waals surface area contributed by atoms with Crippen LogP contribution in [0.15, 0.2) is 42.6 Å². The average Bonchev–Trinajstić information content (AvgIpc) is 3.04. The normalized spacial score (nSPS) is 15.2. The van der Waals surface area contributed by atoms with Gasteiger partial charge in [-0.1, -0.05) is 13.8 Å². The Morgan fingerprint density at radius 3 is 2.54 bits per heavy atom. The van der Waals surface area contributed by atoms with E-state index in [0.717, 1.165) is 48.2 Å². The maximum Gasteiger partial charge on any atom is 0.257 e. The van der Waals surface area contributed by atoms with Crippen LogP contribution in [0.4, 0.5) is 11.4 Å². The molecular formula is C23H28N4O. The molecular weight excluding hydrogens is 348 g/mol. The molecule has 3 heterocycles. The number of benzene rings is 1. The largest absolute Gasteiger partial charge is 0.372 e. The summed E-state index contributed by atoms with van der Waals surface area (Å²) in [6.07, 6.45) is 5.25. The minimum atomic E-state index is -0.104. The van der Waals surface area contributed by atoms with Crippen LogP contribution in [0.1, 0.15) is 48.4 Å². The molecule has 0 saturated carbocycles. The molecule has 1 amide bonds. The number of piperidine rings is 1. The fraction of sp³-hybridized carbons (Fsp3) is 0.391. The molecule has 0 radical (unpaired) electrons. The molecule has 1 aliphatic heterocycles. The molecule has 3 aromatic rings. The molecule has 1 N–H and O–H groups in total. The number of hydrogen-bond donors (Lipinski definition) is 1. The first kappa shape index (κ1) is 18.5. The van der Waals surface area contributed by atoms with Crippen LogP contribution in [-0.2, 0) is 6.42 Å². The number of carbonyl (C=O) groups excluding carboxylic acids is 1. The molecule has 0 unspecified atom stereocenters. The molecule has 5 heteroatoms. The van der Waals surface area contributed by atoms with Crippen molar-refractivity contribution in [2.45, 2.75) is 40.0 Å². The minimum absolute atomic E-state index is 0.104. The smallest absolute Gasteiger partial charge is 0.257 e. The maximum atomic E-state index is 12.7. The number of carbonyl (C=O) groups is 1. The second-order valence-electron chi connectivity index (χ2n) is 7.81. The highest BCUT2D eigenvalue weighted by atomic mass is 16.1. The van der Waals surface area contributed by atoms with Gasteiger partial charge in [0, 0.05) is 36.4 Å². The zero-order valence-corrected chi connectivity index (χ0v) is 16.9. The van der Waals surface area contributed by atoms with Gasteiger partial charge in [-0.15, -0.1) is 0 Å². The summed E-state index contributed by atoms with van der Waals surface area (Å²) < 4.78 is 1.99. The van der Waals surface area contributed by atoms with Crippen LogP contribution in [0.25, 0.3) is 5.65 Å². The summed E-state index contributed by atoms with van der Waals surface area (Å²) in [5.41, 5.74) is 5.71. The fourth-order valence-electron chi connectivity index (χ4n) is 3.91. The Balaban J connectivity index is 1.47. The van der Waals surface area contributed by atoms with E-state index in [-0.39, 0.29) is 5.91 Å². The van der Waals surface area contributed by atoms with Crippen LogP contribution >= 0.6 is 0 Å². The summed E-state index contributed by atoms with van der Waals surface area (Å²) in [5.74, 6) is 0.715. The first-order chi connectivity index (χ1) is 13.5. The molecule has 0 atom stereocenters. The minimum Gasteiger partial charge on any atom is -0.372 e. The van der Waals surface area contributed by atoms with E-state index in [0.29, 0.717) is 5.56 Å². The van der Waals surface area contributed by atoms with E-state index in [4.69, 9.17) is 0 Å². The van der Waals surface area contributed by atoms with Crippen molar-refractivity contribution in [2.24, 2.45) is 5.92 Å². The molecule has 5 nitrogen and oxygen atoms in total. The van der Waals surface area contributed by atoms with Gasteiger partial charge in [-0.2, -0.15) is 0 Å². The third kappa shape index (κ3) is 3.61. The summed E-state index contributed by atoms with van der Waals surface area (Å²) in [6.45, 7) is 8.67. The van der Waals surface area contributed by atoms with Crippen LogP contribution in [0.5, 0.6) is 0 Å². The first-order valence-electron chi connectivity index (χ1n) is 10.2. The number of aromatic nitrogens is 2. The summed E-state index contributed by atoms with van der Waals surface area (Å²) in [4.78, 5) is 19.7. The lowest BCUT2D eigenvalue weighted by Gasteiger charge is -2.32. The number of rotatable bonds is 4. The molecule has 4 rings (SSSR count). The van der Waals surface area contributed by atoms with Crippen molar-refractivity contribution in [1.82, 2.24) is 9.38 Å². The van der Waals surface area contributed by atoms with Crippen molar-refractivity contribution >= 4 is 22.9 Å². The number of aryl methyl sites for hydroxylation is 2. The number of amides is 1. The van der Waals surface area contributed by atoms with Crippen molar-refractivity contribution in [3.05, 3.63) is 59.5 Å². The lowest BCUT2D eigenvalue weighted by molar-refractivity contribution is 0.102. The van der Waals surface area contributed by atoms with Crippen LogP contribution in [-0.4, -0.2) is 28.4 Å². The molecule has 1 aromatic carbocycles. The van der Waals surface area contributed by atoms with Crippen LogP contribution in [0.3, 0.4) is 0 Å². The van der Waals surface area contributed by atoms with E-state index >= 15 is 0 Å². The molecule has 146 valence electrons. The van der Waals surface area contributed by atoms with Gasteiger partial charge in [0.2, 0.25) is 0 Å². The zero-order chi connectivity index (χ0) is 19.7. The third-order valence-electron chi connectivity index (χ3n) is 5.83. The maximum absolute atomic E-state index is 12.7. The number of imidazole rings is 1. The summed E-state index contributed by atoms with van der Waals surface area (Å²) in [6, 6.07) is 11.9. The van der Waals surface area contributed by atoms with Gasteiger partial charge in [0.15, 0.2) is 0 Å². The fourth-order valence-corrected chi connectivity index (χ4v) is 3.91. The standard InChI is InChI=1S/C23H28N4O/c1-4-21-17(3)27-15-18(5-10-22(27)25-21)23(28)24-19-6-8-20(9-7-19)26-13-11-16(2)12-14-26/h5-10,15-16H,4,11-14H2,1-3H3,(H,24,28). The predicted molar refractivity (Wildman–Crippen MR) is 114 cm³/mol. The number of nitrogens with one attached hydrogen (secondary N) is 1. The number of anilines is 2. The number of hydrogen-bond acceptors (Lipinski definition) is 3. The van der Waals surface area contributed by atoms with Crippen molar-refractivity contribution in [3.8, 4) is 0 Å². The highest BCUT2D eigenvalue weighted by Crippen LogP contribution is 2.24. The second-order valence-corrected chi connectivity index (χ2v) is 7.81. The molecule has 1 saturated heterocycles. The van der Waals surface area contributed by atoms with Gasteiger partial charge in [-0.25, -0.2) is 4.98 Å². The lowest BCUT2D eigenvalue weighted by Crippen LogP contribution is -2.32. The van der Waals surface area contributed by atoms with Gasteiger partial charge in [-0.3, -0.25) is 4.79 Å². The van der Waals surface area contributed by atoms with Crippen molar-refractivity contribution in [2.75, 3.05) is 23.3 Å². The summed E-state index contributed by atoms with van der Waals surface area (Å²) in [7, 11) is 0. The first-order valence-corrected chi connectivity index (χ1v) is 10.2. The Bertz CT molecular complexity index is 982. The van der Waals surface area contributed by atoms with Crippen LogP contribution in [0.2, 0.25) is 0 Å². The Morgan fingerprint density at radius 1 is 1.14 bits per heavy atom. The van der Waals surface area contributed by atoms with Gasteiger partial charge < -0.3 is 14.6 Å². The van der Waals surface area contributed by atoms with Crippen molar-refractivity contribution < 1.29 is 4.79 Å². The quantitative estimate of drug-likeness (QED) is 0.718. The molecule has 2 aromatic heterocycles. The lowest BCUT2D eigenvalue weighted by atomic mass is 9.99. The van der Waals surface area contributed by atoms with E-state index in [1.54, 1.807) is 0 Å². The Morgan fingerprint density at radius 2 is 1.86 bits per heavy atom. The highest BCUT2D eigenvalue weighted by Gasteiger charge is 2.16. The van der Waals surface area contributed by atoms with Crippen LogP contribution < -0.4 is 10.2 Å². The molecule has 0 aliphatic carbocycles. The average molecular weight is 377 g/mol. The van der Waals surface area contributed by atoms with E-state index in [1.165, 1.54) is 18.5 Å². The van der Waals surface area contributed by atoms with Gasteiger partial charge in [0.05, 0.1) is 11.3 Å². The van der Waals surface area contributed by atoms with Crippen LogP contribution in [0, 0.1) is 12.8 Å². The van der Waals surface area contributed by atoms with Crippen molar-refractivity contribution in [1.29, 1.82) is 0 Å². The summed E-state index contributed by atoms with van der Waals surface area (Å²) in [5, 5.41) is 3.01. The molecule has 0 bridgehead atoms. The van der Waals surface area contributed by atoms with Gasteiger partial charge >= 0.3 is 0 Å². The van der Waals surface area contributed by atoms with Gasteiger partial charge in [0.1, 0.15) is 5.65 Å². The van der Waals surface area contributed by atoms with Gasteiger partial charge in [0.25, 0.3) is 5.91 Å². The summed E-state index contributed by atoms with van der Waals surface area (Å²) >= 11 is 0. The topological polar surface area (TPSA) is 49.6 Å². The van der Waals surface area contributed by atoms with E-state index in [1.807, 2.05) is 41.8 Å². The monoisotopic (exact) mass is 376 g/mol. The number of pyridine rings is 1. The van der Waals surface area contributed by atoms with Crippen molar-refractivity contribution in [3.63, 3.8) is 0 Å².